The van der Waals surface area contributed by atoms with Gasteiger partial charge in [0.1, 0.15) is 5.41 Å². The van der Waals surface area contributed by atoms with E-state index in [1.54, 1.807) is 0 Å². The Morgan fingerprint density at radius 3 is 1.70 bits per heavy atom. The molecule has 0 fully saturated rings. The molecule has 0 heterocycles. The van der Waals surface area contributed by atoms with E-state index in [4.69, 9.17) is 0 Å². The van der Waals surface area contributed by atoms with Crippen LogP contribution >= 0.6 is 0 Å². The minimum atomic E-state index is -1.18. The van der Waals surface area contributed by atoms with Crippen LogP contribution in [0.2, 0.25) is 0 Å². The zero-order chi connectivity index (χ0) is 23.0. The third-order valence-corrected chi connectivity index (χ3v) is 6.91. The van der Waals surface area contributed by atoms with Gasteiger partial charge in [0.25, 0.3) is 0 Å². The SMILES string of the molecule is Cc1cccc([C@](C)(C(=O)O)C(c2cccc3ccccc23)c2cccc3ccccc23)c1. The van der Waals surface area contributed by atoms with Crippen molar-refractivity contribution in [3.8, 4) is 0 Å². The maximum Gasteiger partial charge on any atom is 0.314 e. The number of carboxylic acid groups (broad SMARTS) is 1. The summed E-state index contributed by atoms with van der Waals surface area (Å²) in [6.45, 7) is 3.88. The Morgan fingerprint density at radius 2 is 1.18 bits per heavy atom. The molecule has 0 aliphatic heterocycles. The van der Waals surface area contributed by atoms with Crippen LogP contribution in [0.1, 0.15) is 35.1 Å². The molecule has 0 unspecified atom stereocenters. The summed E-state index contributed by atoms with van der Waals surface area (Å²) in [6, 6.07) is 36.8. The molecule has 0 aliphatic rings. The summed E-state index contributed by atoms with van der Waals surface area (Å²) in [7, 11) is 0. The molecular weight excluding hydrogens is 404 g/mol. The highest BCUT2D eigenvalue weighted by Gasteiger charge is 2.46. The van der Waals surface area contributed by atoms with E-state index in [1.165, 1.54) is 0 Å². The van der Waals surface area contributed by atoms with E-state index in [-0.39, 0.29) is 0 Å². The average Bonchev–Trinajstić information content (AvgIpc) is 2.84. The molecule has 0 saturated carbocycles. The summed E-state index contributed by atoms with van der Waals surface area (Å²) in [6.07, 6.45) is 0. The smallest absolute Gasteiger partial charge is 0.314 e. The van der Waals surface area contributed by atoms with Crippen LogP contribution < -0.4 is 0 Å². The molecular formula is C31H26O2. The molecule has 33 heavy (non-hydrogen) atoms. The van der Waals surface area contributed by atoms with Gasteiger partial charge in [0.2, 0.25) is 0 Å². The fourth-order valence-corrected chi connectivity index (χ4v) is 5.18. The van der Waals surface area contributed by atoms with Gasteiger partial charge in [0.05, 0.1) is 0 Å². The fraction of sp³-hybridized carbons (Fsp3) is 0.129. The average molecular weight is 431 g/mol. The number of fused-ring (bicyclic) bond motifs is 2. The molecule has 0 spiro atoms. The number of benzene rings is 5. The Kier molecular flexibility index (Phi) is 5.22. The molecule has 0 bridgehead atoms. The fourth-order valence-electron chi connectivity index (χ4n) is 5.18. The Morgan fingerprint density at radius 1 is 0.697 bits per heavy atom. The number of aliphatic carboxylic acids is 1. The molecule has 0 saturated heterocycles. The quantitative estimate of drug-likeness (QED) is 0.314. The van der Waals surface area contributed by atoms with Gasteiger partial charge < -0.3 is 5.11 Å². The summed E-state index contributed by atoms with van der Waals surface area (Å²) in [5, 5.41) is 15.2. The van der Waals surface area contributed by atoms with Gasteiger partial charge in [0.15, 0.2) is 0 Å². The molecule has 0 aliphatic carbocycles. The van der Waals surface area contributed by atoms with Crippen LogP contribution in [0.5, 0.6) is 0 Å². The topological polar surface area (TPSA) is 37.3 Å². The molecule has 5 aromatic rings. The molecule has 5 rings (SSSR count). The Balaban J connectivity index is 1.91. The lowest BCUT2D eigenvalue weighted by molar-refractivity contribution is -0.143. The van der Waals surface area contributed by atoms with E-state index in [0.29, 0.717) is 0 Å². The number of aryl methyl sites for hydroxylation is 1. The summed E-state index contributed by atoms with van der Waals surface area (Å²) in [5.41, 5.74) is 2.72. The largest absolute Gasteiger partial charge is 0.481 e. The lowest BCUT2D eigenvalue weighted by atomic mass is 9.64. The van der Waals surface area contributed by atoms with Crippen molar-refractivity contribution in [3.63, 3.8) is 0 Å². The van der Waals surface area contributed by atoms with Crippen LogP contribution in [0.25, 0.3) is 21.5 Å². The number of hydrogen-bond donors (Lipinski definition) is 1. The number of rotatable bonds is 5. The lowest BCUT2D eigenvalue weighted by Gasteiger charge is -2.37. The van der Waals surface area contributed by atoms with Gasteiger partial charge in [-0.25, -0.2) is 0 Å². The molecule has 0 amide bonds. The second-order valence-corrected chi connectivity index (χ2v) is 8.95. The van der Waals surface area contributed by atoms with Crippen LogP contribution in [-0.4, -0.2) is 11.1 Å². The van der Waals surface area contributed by atoms with Crippen molar-refractivity contribution in [2.45, 2.75) is 25.2 Å². The van der Waals surface area contributed by atoms with Gasteiger partial charge in [0, 0.05) is 5.92 Å². The molecule has 162 valence electrons. The van der Waals surface area contributed by atoms with Crippen molar-refractivity contribution in [2.24, 2.45) is 0 Å². The van der Waals surface area contributed by atoms with Gasteiger partial charge in [-0.3, -0.25) is 4.79 Å². The van der Waals surface area contributed by atoms with E-state index < -0.39 is 17.3 Å². The van der Waals surface area contributed by atoms with Crippen LogP contribution in [-0.2, 0) is 10.2 Å². The summed E-state index contributed by atoms with van der Waals surface area (Å²) in [5.74, 6) is -1.23. The second kappa shape index (κ2) is 8.22. The van der Waals surface area contributed by atoms with Crippen molar-refractivity contribution in [3.05, 3.63) is 131 Å². The first-order valence-corrected chi connectivity index (χ1v) is 11.3. The lowest BCUT2D eigenvalue weighted by Crippen LogP contribution is -2.40. The van der Waals surface area contributed by atoms with Crippen molar-refractivity contribution in [1.29, 1.82) is 0 Å². The van der Waals surface area contributed by atoms with E-state index in [9.17, 15) is 9.90 Å². The van der Waals surface area contributed by atoms with E-state index in [0.717, 1.165) is 43.8 Å². The highest BCUT2D eigenvalue weighted by Crippen LogP contribution is 2.47. The van der Waals surface area contributed by atoms with Gasteiger partial charge in [-0.05, 0) is 52.1 Å². The maximum atomic E-state index is 13.2. The Hall–Kier alpha value is -3.91. The van der Waals surface area contributed by atoms with Crippen molar-refractivity contribution < 1.29 is 9.90 Å². The van der Waals surface area contributed by atoms with Crippen LogP contribution in [0, 0.1) is 6.92 Å². The standard InChI is InChI=1S/C31H26O2/c1-21-10-7-15-24(20-21)31(2,30(32)33)29(27-18-8-13-22-11-3-5-16-25(22)27)28-19-9-14-23-12-4-6-17-26(23)28/h3-20,29H,1-2H3,(H,32,33)/t31-/m0/s1. The predicted octanol–water partition coefficient (Wildman–Crippen LogP) is 7.48. The third kappa shape index (κ3) is 3.48. The van der Waals surface area contributed by atoms with Crippen LogP contribution in [0.3, 0.4) is 0 Å². The molecule has 2 nitrogen and oxygen atoms in total. The Bertz CT molecular complexity index is 1390. The van der Waals surface area contributed by atoms with E-state index >= 15 is 0 Å². The monoisotopic (exact) mass is 430 g/mol. The van der Waals surface area contributed by atoms with Crippen LogP contribution in [0.15, 0.2) is 109 Å². The summed E-state index contributed by atoms with van der Waals surface area (Å²) in [4.78, 5) is 13.2. The molecule has 1 atom stereocenters. The molecule has 2 heteroatoms. The first kappa shape index (κ1) is 21.0. The van der Waals surface area contributed by atoms with Crippen molar-refractivity contribution in [2.75, 3.05) is 0 Å². The second-order valence-electron chi connectivity index (χ2n) is 8.95. The highest BCUT2D eigenvalue weighted by atomic mass is 16.4. The Labute approximate surface area is 194 Å². The van der Waals surface area contributed by atoms with Gasteiger partial charge >= 0.3 is 5.97 Å². The number of carboxylic acids is 1. The van der Waals surface area contributed by atoms with Gasteiger partial charge in [-0.1, -0.05) is 115 Å². The first-order valence-electron chi connectivity index (χ1n) is 11.3. The van der Waals surface area contributed by atoms with Crippen molar-refractivity contribution >= 4 is 27.5 Å². The number of hydrogen-bond acceptors (Lipinski definition) is 1. The molecule has 5 aromatic carbocycles. The van der Waals surface area contributed by atoms with E-state index in [2.05, 4.69) is 48.5 Å². The normalized spacial score (nSPS) is 13.3. The van der Waals surface area contributed by atoms with Gasteiger partial charge in [-0.15, -0.1) is 0 Å². The minimum absolute atomic E-state index is 0.394. The molecule has 1 N–H and O–H groups in total. The predicted molar refractivity (Wildman–Crippen MR) is 136 cm³/mol. The zero-order valence-corrected chi connectivity index (χ0v) is 18.8. The first-order chi connectivity index (χ1) is 16.0. The zero-order valence-electron chi connectivity index (χ0n) is 18.8. The molecule has 0 aromatic heterocycles. The third-order valence-electron chi connectivity index (χ3n) is 6.91. The number of carbonyl (C=O) groups is 1. The van der Waals surface area contributed by atoms with Crippen molar-refractivity contribution in [1.82, 2.24) is 0 Å². The molecule has 0 radical (unpaired) electrons. The van der Waals surface area contributed by atoms with Gasteiger partial charge in [-0.2, -0.15) is 0 Å². The van der Waals surface area contributed by atoms with Crippen LogP contribution in [0.4, 0.5) is 0 Å². The summed E-state index contributed by atoms with van der Waals surface area (Å²) < 4.78 is 0. The minimum Gasteiger partial charge on any atom is -0.481 e. The van der Waals surface area contributed by atoms with E-state index in [1.807, 2.05) is 74.5 Å². The maximum absolute atomic E-state index is 13.2. The highest BCUT2D eigenvalue weighted by molar-refractivity contribution is 5.94. The summed E-state index contributed by atoms with van der Waals surface area (Å²) >= 11 is 0.